The van der Waals surface area contributed by atoms with Crippen molar-refractivity contribution in [3.63, 3.8) is 0 Å². The summed E-state index contributed by atoms with van der Waals surface area (Å²) in [5.41, 5.74) is 0.810. The Morgan fingerprint density at radius 3 is 2.26 bits per heavy atom. The summed E-state index contributed by atoms with van der Waals surface area (Å²) in [6, 6.07) is 6.19. The number of nitro groups is 2. The molecule has 0 amide bonds. The zero-order valence-corrected chi connectivity index (χ0v) is 21.4. The third-order valence-electron chi connectivity index (χ3n) is 5.98. The molecule has 0 radical (unpaired) electrons. The van der Waals surface area contributed by atoms with Crippen LogP contribution in [-0.2, 0) is 17.5 Å². The van der Waals surface area contributed by atoms with Crippen LogP contribution in [0.5, 0.6) is 5.75 Å². The van der Waals surface area contributed by atoms with Gasteiger partial charge < -0.3 is 29.4 Å². The van der Waals surface area contributed by atoms with Gasteiger partial charge in [-0.1, -0.05) is 32.9 Å². The van der Waals surface area contributed by atoms with Crippen LogP contribution in [0, 0.1) is 20.2 Å². The molecule has 0 saturated heterocycles. The SMILES string of the molecule is CC(C)(C)[Si](C)(C)OCCN(CCn1cc([N+](=O)[O-])nc1[N+](=O)[O-])Cc1ccc(OC(F)F)cc1. The van der Waals surface area contributed by atoms with Gasteiger partial charge in [-0.25, -0.2) is 4.57 Å². The molecule has 1 heterocycles. The first kappa shape index (κ1) is 28.3. The van der Waals surface area contributed by atoms with Crippen LogP contribution >= 0.6 is 0 Å². The minimum atomic E-state index is -2.92. The molecule has 194 valence electrons. The van der Waals surface area contributed by atoms with Crippen molar-refractivity contribution in [3.05, 3.63) is 56.3 Å². The van der Waals surface area contributed by atoms with Gasteiger partial charge in [0.1, 0.15) is 5.75 Å². The molecule has 0 saturated carbocycles. The highest BCUT2D eigenvalue weighted by molar-refractivity contribution is 6.74. The molecule has 35 heavy (non-hydrogen) atoms. The van der Waals surface area contributed by atoms with E-state index in [-0.39, 0.29) is 17.3 Å². The average molecular weight is 516 g/mol. The first-order valence-corrected chi connectivity index (χ1v) is 13.9. The van der Waals surface area contributed by atoms with E-state index in [0.29, 0.717) is 26.2 Å². The Kier molecular flexibility index (Phi) is 9.40. The fourth-order valence-corrected chi connectivity index (χ4v) is 4.03. The van der Waals surface area contributed by atoms with Crippen molar-refractivity contribution >= 4 is 20.1 Å². The Bertz CT molecular complexity index is 1010. The van der Waals surface area contributed by atoms with Crippen molar-refractivity contribution in [2.45, 2.75) is 58.6 Å². The lowest BCUT2D eigenvalue weighted by molar-refractivity contribution is -0.403. The molecule has 1 aromatic heterocycles. The lowest BCUT2D eigenvalue weighted by Gasteiger charge is -2.36. The number of nitrogens with zero attached hydrogens (tertiary/aromatic N) is 5. The second kappa shape index (κ2) is 11.6. The number of imidazole rings is 1. The van der Waals surface area contributed by atoms with Crippen LogP contribution in [0.15, 0.2) is 30.5 Å². The molecule has 0 N–H and O–H groups in total. The normalized spacial score (nSPS) is 12.4. The number of hydrogen-bond acceptors (Lipinski definition) is 8. The summed E-state index contributed by atoms with van der Waals surface area (Å²) in [5, 5.41) is 22.3. The van der Waals surface area contributed by atoms with Crippen LogP contribution in [0.2, 0.25) is 18.1 Å². The summed E-state index contributed by atoms with van der Waals surface area (Å²) in [7, 11) is -2.00. The van der Waals surface area contributed by atoms with Crippen molar-refractivity contribution in [3.8, 4) is 5.75 Å². The highest BCUT2D eigenvalue weighted by Crippen LogP contribution is 2.36. The zero-order valence-electron chi connectivity index (χ0n) is 20.4. The van der Waals surface area contributed by atoms with Crippen LogP contribution in [-0.4, -0.2) is 58.9 Å². The molecule has 14 heteroatoms. The smallest absolute Gasteiger partial charge is 0.435 e. The maximum Gasteiger partial charge on any atom is 0.439 e. The van der Waals surface area contributed by atoms with Crippen LogP contribution in [0.1, 0.15) is 26.3 Å². The summed E-state index contributed by atoms with van der Waals surface area (Å²) in [4.78, 5) is 26.2. The topological polar surface area (TPSA) is 126 Å². The summed E-state index contributed by atoms with van der Waals surface area (Å²) in [5.74, 6) is -1.17. The minimum Gasteiger partial charge on any atom is -0.435 e. The van der Waals surface area contributed by atoms with Crippen molar-refractivity contribution in [1.82, 2.24) is 14.5 Å². The number of hydrogen-bond donors (Lipinski definition) is 0. The fourth-order valence-electron chi connectivity index (χ4n) is 2.99. The summed E-state index contributed by atoms with van der Waals surface area (Å²) in [6.07, 6.45) is 1.04. The summed E-state index contributed by atoms with van der Waals surface area (Å²) >= 11 is 0. The van der Waals surface area contributed by atoms with E-state index in [9.17, 15) is 29.0 Å². The molecule has 0 unspecified atom stereocenters. The molecule has 0 aliphatic rings. The molecule has 0 aliphatic carbocycles. The average Bonchev–Trinajstić information content (AvgIpc) is 3.17. The molecule has 0 aliphatic heterocycles. The number of rotatable bonds is 13. The Hall–Kier alpha value is -2.97. The van der Waals surface area contributed by atoms with Gasteiger partial charge in [0.25, 0.3) is 0 Å². The lowest BCUT2D eigenvalue weighted by atomic mass is 10.2. The van der Waals surface area contributed by atoms with Crippen molar-refractivity contribution in [2.24, 2.45) is 0 Å². The molecular formula is C21H31F2N5O6Si. The molecule has 0 atom stereocenters. The van der Waals surface area contributed by atoms with E-state index in [0.717, 1.165) is 16.3 Å². The van der Waals surface area contributed by atoms with Gasteiger partial charge >= 0.3 is 18.4 Å². The van der Waals surface area contributed by atoms with E-state index in [1.165, 1.54) is 12.1 Å². The van der Waals surface area contributed by atoms with Gasteiger partial charge in [0.15, 0.2) is 14.5 Å². The third kappa shape index (κ3) is 8.33. The fraction of sp³-hybridized carbons (Fsp3) is 0.571. The largest absolute Gasteiger partial charge is 0.439 e. The Balaban J connectivity index is 2.15. The maximum absolute atomic E-state index is 12.4. The third-order valence-corrected chi connectivity index (χ3v) is 10.5. The van der Waals surface area contributed by atoms with Gasteiger partial charge in [0, 0.05) is 26.2 Å². The maximum atomic E-state index is 12.4. The van der Waals surface area contributed by atoms with E-state index >= 15 is 0 Å². The summed E-state index contributed by atoms with van der Waals surface area (Å²) < 4.78 is 36.6. The van der Waals surface area contributed by atoms with Crippen LogP contribution in [0.4, 0.5) is 20.5 Å². The van der Waals surface area contributed by atoms with Gasteiger partial charge in [-0.3, -0.25) is 4.90 Å². The van der Waals surface area contributed by atoms with Crippen molar-refractivity contribution in [2.75, 3.05) is 19.7 Å². The molecule has 1 aromatic carbocycles. The quantitative estimate of drug-likeness (QED) is 0.211. The Labute approximate surface area is 203 Å². The first-order valence-electron chi connectivity index (χ1n) is 11.0. The Morgan fingerprint density at radius 2 is 1.74 bits per heavy atom. The van der Waals surface area contributed by atoms with Crippen LogP contribution in [0.25, 0.3) is 0 Å². The molecule has 2 aromatic rings. The van der Waals surface area contributed by atoms with Crippen LogP contribution < -0.4 is 4.74 Å². The molecule has 0 spiro atoms. The summed E-state index contributed by atoms with van der Waals surface area (Å²) in [6.45, 7) is 9.46. The number of ether oxygens (including phenoxy) is 1. The highest BCUT2D eigenvalue weighted by Gasteiger charge is 2.37. The number of benzene rings is 1. The van der Waals surface area contributed by atoms with E-state index in [1.54, 1.807) is 12.1 Å². The van der Waals surface area contributed by atoms with Crippen LogP contribution in [0.3, 0.4) is 0 Å². The van der Waals surface area contributed by atoms with Gasteiger partial charge in [0.05, 0.1) is 6.54 Å². The molecular weight excluding hydrogens is 484 g/mol. The second-order valence-electron chi connectivity index (χ2n) is 9.51. The van der Waals surface area contributed by atoms with Crippen molar-refractivity contribution < 1.29 is 27.8 Å². The molecule has 0 fully saturated rings. The van der Waals surface area contributed by atoms with E-state index in [2.05, 4.69) is 43.6 Å². The van der Waals surface area contributed by atoms with Crippen molar-refractivity contribution in [1.29, 1.82) is 0 Å². The van der Waals surface area contributed by atoms with Gasteiger partial charge in [-0.15, -0.1) is 0 Å². The predicted molar refractivity (Wildman–Crippen MR) is 127 cm³/mol. The molecule has 0 bridgehead atoms. The number of alkyl halides is 2. The van der Waals surface area contributed by atoms with E-state index < -0.39 is 36.5 Å². The van der Waals surface area contributed by atoms with E-state index in [1.807, 2.05) is 4.90 Å². The number of aromatic nitrogens is 2. The lowest BCUT2D eigenvalue weighted by Crippen LogP contribution is -2.43. The van der Waals surface area contributed by atoms with Gasteiger partial charge in [-0.2, -0.15) is 8.78 Å². The molecule has 2 rings (SSSR count). The first-order chi connectivity index (χ1) is 16.2. The van der Waals surface area contributed by atoms with Gasteiger partial charge in [-0.05, 0) is 50.7 Å². The Morgan fingerprint density at radius 1 is 1.11 bits per heavy atom. The second-order valence-corrected chi connectivity index (χ2v) is 14.3. The van der Waals surface area contributed by atoms with Gasteiger partial charge in [0.2, 0.25) is 0 Å². The monoisotopic (exact) mass is 515 g/mol. The van der Waals surface area contributed by atoms with E-state index in [4.69, 9.17) is 4.43 Å². The zero-order chi connectivity index (χ0) is 26.4. The number of halogens is 2. The standard InChI is InChI=1S/C21H31F2N5O6Si/c1-21(2,3)35(4,5)33-13-12-25(14-16-6-8-17(9-7-16)34-19(22)23)10-11-26-15-18(27(29)30)24-20(26)28(31)32/h6-9,15,19H,10-14H2,1-5H3. The molecule has 11 nitrogen and oxygen atoms in total. The minimum absolute atomic E-state index is 0.0225. The predicted octanol–water partition coefficient (Wildman–Crippen LogP) is 4.82. The highest BCUT2D eigenvalue weighted by atomic mass is 28.4.